The molecule has 0 heterocycles. The summed E-state index contributed by atoms with van der Waals surface area (Å²) in [7, 11) is 3.88. The first-order valence-electron chi connectivity index (χ1n) is 6.18. The van der Waals surface area contributed by atoms with E-state index in [4.69, 9.17) is 4.74 Å². The lowest BCUT2D eigenvalue weighted by atomic mass is 10.2. The molecule has 3 nitrogen and oxygen atoms in total. The molecule has 1 unspecified atom stereocenters. The number of ether oxygens (including phenoxy) is 1. The van der Waals surface area contributed by atoms with E-state index < -0.39 is 0 Å². The van der Waals surface area contributed by atoms with Crippen molar-refractivity contribution in [3.05, 3.63) is 35.9 Å². The fourth-order valence-corrected chi connectivity index (χ4v) is 1.70. The molecule has 1 rings (SSSR count). The Morgan fingerprint density at radius 1 is 1.29 bits per heavy atom. The quantitative estimate of drug-likeness (QED) is 0.696. The van der Waals surface area contributed by atoms with Crippen molar-refractivity contribution >= 4 is 0 Å². The topological polar surface area (TPSA) is 24.5 Å². The molecule has 0 spiro atoms. The van der Waals surface area contributed by atoms with Crippen molar-refractivity contribution in [1.29, 1.82) is 0 Å². The third kappa shape index (κ3) is 6.41. The van der Waals surface area contributed by atoms with Crippen LogP contribution in [0.4, 0.5) is 0 Å². The zero-order chi connectivity index (χ0) is 12.5. The van der Waals surface area contributed by atoms with Crippen LogP contribution < -0.4 is 5.32 Å². The number of nitrogens with zero attached hydrogens (tertiary/aromatic N) is 1. The summed E-state index contributed by atoms with van der Waals surface area (Å²) in [6.45, 7) is 6.05. The third-order valence-electron chi connectivity index (χ3n) is 2.81. The minimum absolute atomic E-state index is 0.300. The van der Waals surface area contributed by atoms with Gasteiger partial charge in [-0.2, -0.15) is 0 Å². The molecule has 1 N–H and O–H groups in total. The van der Waals surface area contributed by atoms with Gasteiger partial charge in [0.25, 0.3) is 0 Å². The van der Waals surface area contributed by atoms with Crippen LogP contribution in [0.25, 0.3) is 0 Å². The van der Waals surface area contributed by atoms with Crippen LogP contribution in [0, 0.1) is 0 Å². The van der Waals surface area contributed by atoms with Crippen LogP contribution in [-0.2, 0) is 11.3 Å². The second kappa shape index (κ2) is 8.23. The molecule has 0 amide bonds. The lowest BCUT2D eigenvalue weighted by Gasteiger charge is -2.20. The van der Waals surface area contributed by atoms with E-state index in [9.17, 15) is 0 Å². The van der Waals surface area contributed by atoms with Crippen LogP contribution in [0.5, 0.6) is 0 Å². The van der Waals surface area contributed by atoms with Gasteiger partial charge in [0, 0.05) is 33.3 Å². The first kappa shape index (κ1) is 14.2. The molecule has 1 atom stereocenters. The minimum atomic E-state index is 0.300. The van der Waals surface area contributed by atoms with E-state index in [2.05, 4.69) is 48.5 Å². The van der Waals surface area contributed by atoms with Crippen LogP contribution in [0.15, 0.2) is 30.3 Å². The fourth-order valence-electron chi connectivity index (χ4n) is 1.70. The monoisotopic (exact) mass is 236 g/mol. The number of likely N-dealkylation sites (N-methyl/N-ethyl adjacent to an activating group) is 1. The molecule has 1 aromatic carbocycles. The highest BCUT2D eigenvalue weighted by atomic mass is 16.5. The van der Waals surface area contributed by atoms with Crippen molar-refractivity contribution in [2.45, 2.75) is 19.6 Å². The van der Waals surface area contributed by atoms with Crippen molar-refractivity contribution < 1.29 is 4.74 Å². The van der Waals surface area contributed by atoms with Crippen molar-refractivity contribution in [3.63, 3.8) is 0 Å². The molecule has 0 aliphatic carbocycles. The van der Waals surface area contributed by atoms with E-state index in [0.29, 0.717) is 6.10 Å². The van der Waals surface area contributed by atoms with Gasteiger partial charge in [-0.05, 0) is 19.5 Å². The summed E-state index contributed by atoms with van der Waals surface area (Å²) >= 11 is 0. The Kier molecular flexibility index (Phi) is 6.86. The van der Waals surface area contributed by atoms with Gasteiger partial charge in [-0.15, -0.1) is 0 Å². The van der Waals surface area contributed by atoms with Crippen LogP contribution in [-0.4, -0.2) is 44.8 Å². The fraction of sp³-hybridized carbons (Fsp3) is 0.571. The van der Waals surface area contributed by atoms with Gasteiger partial charge in [-0.25, -0.2) is 0 Å². The molecule has 0 aliphatic heterocycles. The van der Waals surface area contributed by atoms with Crippen molar-refractivity contribution in [2.75, 3.05) is 33.8 Å². The van der Waals surface area contributed by atoms with Crippen molar-refractivity contribution in [3.8, 4) is 0 Å². The highest BCUT2D eigenvalue weighted by molar-refractivity contribution is 5.14. The molecule has 3 heteroatoms. The second-order valence-corrected chi connectivity index (χ2v) is 4.47. The van der Waals surface area contributed by atoms with Gasteiger partial charge >= 0.3 is 0 Å². The first-order chi connectivity index (χ1) is 8.22. The Morgan fingerprint density at radius 3 is 2.65 bits per heavy atom. The summed E-state index contributed by atoms with van der Waals surface area (Å²) in [6, 6.07) is 10.5. The second-order valence-electron chi connectivity index (χ2n) is 4.47. The van der Waals surface area contributed by atoms with E-state index in [1.54, 1.807) is 7.11 Å². The Labute approximate surface area is 105 Å². The lowest BCUT2D eigenvalue weighted by molar-refractivity contribution is 0.0860. The van der Waals surface area contributed by atoms with E-state index in [-0.39, 0.29) is 0 Å². The van der Waals surface area contributed by atoms with Gasteiger partial charge in [-0.1, -0.05) is 30.3 Å². The normalized spacial score (nSPS) is 12.9. The molecule has 17 heavy (non-hydrogen) atoms. The Balaban J connectivity index is 2.08. The largest absolute Gasteiger partial charge is 0.380 e. The van der Waals surface area contributed by atoms with Gasteiger partial charge in [0.1, 0.15) is 0 Å². The molecule has 1 aromatic rings. The van der Waals surface area contributed by atoms with Gasteiger partial charge in [-0.3, -0.25) is 0 Å². The van der Waals surface area contributed by atoms with Gasteiger partial charge in [0.2, 0.25) is 0 Å². The molecule has 0 fully saturated rings. The van der Waals surface area contributed by atoms with Crippen LogP contribution in [0.3, 0.4) is 0 Å². The average molecular weight is 236 g/mol. The molecule has 0 bridgehead atoms. The molecule has 0 aliphatic rings. The van der Waals surface area contributed by atoms with Crippen LogP contribution in [0.2, 0.25) is 0 Å². The van der Waals surface area contributed by atoms with E-state index in [1.807, 2.05) is 6.07 Å². The number of benzene rings is 1. The molecular formula is C14H24N2O. The van der Waals surface area contributed by atoms with Crippen molar-refractivity contribution in [2.24, 2.45) is 0 Å². The molecule has 0 saturated heterocycles. The Bertz CT molecular complexity index is 290. The highest BCUT2D eigenvalue weighted by Gasteiger charge is 2.03. The Morgan fingerprint density at radius 2 is 2.00 bits per heavy atom. The Hall–Kier alpha value is -0.900. The predicted molar refractivity (Wildman–Crippen MR) is 72.1 cm³/mol. The minimum Gasteiger partial charge on any atom is -0.380 e. The summed E-state index contributed by atoms with van der Waals surface area (Å²) in [6.07, 6.45) is 0.300. The van der Waals surface area contributed by atoms with E-state index in [0.717, 1.165) is 26.2 Å². The summed E-state index contributed by atoms with van der Waals surface area (Å²) < 4.78 is 5.23. The maximum Gasteiger partial charge on any atom is 0.0670 e. The summed E-state index contributed by atoms with van der Waals surface area (Å²) in [5.41, 5.74) is 1.33. The maximum absolute atomic E-state index is 5.23. The average Bonchev–Trinajstić information content (AvgIpc) is 2.36. The SMILES string of the molecule is COC(C)CN(C)CCNCc1ccccc1. The first-order valence-corrected chi connectivity index (χ1v) is 6.18. The standard InChI is InChI=1S/C14H24N2O/c1-13(17-3)12-16(2)10-9-15-11-14-7-5-4-6-8-14/h4-8,13,15H,9-12H2,1-3H3. The van der Waals surface area contributed by atoms with Gasteiger partial charge in [0.15, 0.2) is 0 Å². The number of nitrogens with one attached hydrogen (secondary N) is 1. The van der Waals surface area contributed by atoms with Gasteiger partial charge in [0.05, 0.1) is 6.10 Å². The highest BCUT2D eigenvalue weighted by Crippen LogP contribution is 1.97. The molecule has 0 saturated carbocycles. The van der Waals surface area contributed by atoms with Crippen LogP contribution in [0.1, 0.15) is 12.5 Å². The predicted octanol–water partition coefficient (Wildman–Crippen LogP) is 1.74. The van der Waals surface area contributed by atoms with E-state index >= 15 is 0 Å². The number of rotatable bonds is 8. The molecule has 0 aromatic heterocycles. The summed E-state index contributed by atoms with van der Waals surface area (Å²) in [5, 5.41) is 3.44. The molecule has 96 valence electrons. The summed E-state index contributed by atoms with van der Waals surface area (Å²) in [4.78, 5) is 2.28. The molecule has 0 radical (unpaired) electrons. The zero-order valence-electron chi connectivity index (χ0n) is 11.1. The lowest BCUT2D eigenvalue weighted by Crippen LogP contribution is -2.34. The third-order valence-corrected chi connectivity index (χ3v) is 2.81. The zero-order valence-corrected chi connectivity index (χ0v) is 11.1. The number of hydrogen-bond donors (Lipinski definition) is 1. The number of hydrogen-bond acceptors (Lipinski definition) is 3. The maximum atomic E-state index is 5.23. The van der Waals surface area contributed by atoms with E-state index in [1.165, 1.54) is 5.56 Å². The van der Waals surface area contributed by atoms with Crippen LogP contribution >= 0.6 is 0 Å². The summed E-state index contributed by atoms with van der Waals surface area (Å²) in [5.74, 6) is 0. The smallest absolute Gasteiger partial charge is 0.0670 e. The molecular weight excluding hydrogens is 212 g/mol. The number of methoxy groups -OCH3 is 1. The van der Waals surface area contributed by atoms with Crippen molar-refractivity contribution in [1.82, 2.24) is 10.2 Å². The van der Waals surface area contributed by atoms with Gasteiger partial charge < -0.3 is 15.0 Å².